The number of hydrogen-bond acceptors (Lipinski definition) is 3. The molecule has 0 aromatic rings. The standard InChI is InChI=1S/C18H36O3/c1-3-5-7-9-13-19-15-17-11-12-18(21-17)16-20-14-10-8-6-4-2/h17-18H,3-16H2,1-2H3/t17-,18-/m0/s1. The van der Waals surface area contributed by atoms with E-state index < -0.39 is 0 Å². The van der Waals surface area contributed by atoms with E-state index in [0.717, 1.165) is 39.3 Å². The van der Waals surface area contributed by atoms with E-state index in [1.54, 1.807) is 0 Å². The van der Waals surface area contributed by atoms with Gasteiger partial charge >= 0.3 is 0 Å². The number of hydrogen-bond donors (Lipinski definition) is 0. The Hall–Kier alpha value is -0.120. The van der Waals surface area contributed by atoms with Crippen molar-refractivity contribution in [1.29, 1.82) is 0 Å². The maximum atomic E-state index is 5.97. The maximum absolute atomic E-state index is 5.97. The summed E-state index contributed by atoms with van der Waals surface area (Å²) in [6.45, 7) is 7.77. The van der Waals surface area contributed by atoms with Gasteiger partial charge < -0.3 is 14.2 Å². The minimum atomic E-state index is 0.296. The number of rotatable bonds is 14. The van der Waals surface area contributed by atoms with Crippen molar-refractivity contribution >= 4 is 0 Å². The lowest BCUT2D eigenvalue weighted by molar-refractivity contribution is -0.0460. The smallest absolute Gasteiger partial charge is 0.0814 e. The van der Waals surface area contributed by atoms with Crippen LogP contribution in [0.25, 0.3) is 0 Å². The molecule has 1 fully saturated rings. The molecule has 1 aliphatic rings. The summed E-state index contributed by atoms with van der Waals surface area (Å²) in [5.74, 6) is 0. The van der Waals surface area contributed by atoms with Crippen molar-refractivity contribution < 1.29 is 14.2 Å². The quantitative estimate of drug-likeness (QED) is 0.434. The second-order valence-corrected chi connectivity index (χ2v) is 6.23. The van der Waals surface area contributed by atoms with Crippen LogP contribution >= 0.6 is 0 Å². The van der Waals surface area contributed by atoms with E-state index in [9.17, 15) is 0 Å². The van der Waals surface area contributed by atoms with Gasteiger partial charge in [-0.3, -0.25) is 0 Å². The van der Waals surface area contributed by atoms with Crippen molar-refractivity contribution in [1.82, 2.24) is 0 Å². The Bertz CT molecular complexity index is 199. The molecule has 21 heavy (non-hydrogen) atoms. The van der Waals surface area contributed by atoms with Crippen molar-refractivity contribution in [3.05, 3.63) is 0 Å². The average molecular weight is 300 g/mol. The van der Waals surface area contributed by atoms with E-state index in [0.29, 0.717) is 12.2 Å². The van der Waals surface area contributed by atoms with Gasteiger partial charge in [0.1, 0.15) is 0 Å². The summed E-state index contributed by atoms with van der Waals surface area (Å²) in [7, 11) is 0. The molecule has 126 valence electrons. The van der Waals surface area contributed by atoms with Crippen LogP contribution in [0.3, 0.4) is 0 Å². The topological polar surface area (TPSA) is 27.7 Å². The lowest BCUT2D eigenvalue weighted by Crippen LogP contribution is -2.20. The van der Waals surface area contributed by atoms with Crippen LogP contribution in [-0.2, 0) is 14.2 Å². The van der Waals surface area contributed by atoms with Gasteiger partial charge in [-0.15, -0.1) is 0 Å². The van der Waals surface area contributed by atoms with Gasteiger partial charge in [-0.25, -0.2) is 0 Å². The zero-order valence-corrected chi connectivity index (χ0v) is 14.3. The summed E-state index contributed by atoms with van der Waals surface area (Å²) in [5, 5.41) is 0. The molecule has 0 spiro atoms. The van der Waals surface area contributed by atoms with E-state index >= 15 is 0 Å². The van der Waals surface area contributed by atoms with Gasteiger partial charge in [0.15, 0.2) is 0 Å². The first-order valence-electron chi connectivity index (χ1n) is 9.17. The molecule has 1 heterocycles. The summed E-state index contributed by atoms with van der Waals surface area (Å²) in [5.41, 5.74) is 0. The van der Waals surface area contributed by atoms with Crippen LogP contribution in [0.4, 0.5) is 0 Å². The Labute approximate surface area is 131 Å². The van der Waals surface area contributed by atoms with Gasteiger partial charge in [0.25, 0.3) is 0 Å². The summed E-state index contributed by atoms with van der Waals surface area (Å²) < 4.78 is 17.4. The molecule has 0 amide bonds. The highest BCUT2D eigenvalue weighted by molar-refractivity contribution is 4.73. The Morgan fingerprint density at radius 1 is 0.714 bits per heavy atom. The highest BCUT2D eigenvalue weighted by Gasteiger charge is 2.25. The van der Waals surface area contributed by atoms with Crippen LogP contribution < -0.4 is 0 Å². The van der Waals surface area contributed by atoms with E-state index in [1.165, 1.54) is 51.4 Å². The first-order chi connectivity index (χ1) is 10.4. The molecule has 0 bridgehead atoms. The highest BCUT2D eigenvalue weighted by atomic mass is 16.6. The van der Waals surface area contributed by atoms with Crippen molar-refractivity contribution in [3.63, 3.8) is 0 Å². The van der Waals surface area contributed by atoms with Gasteiger partial charge in [0.2, 0.25) is 0 Å². The van der Waals surface area contributed by atoms with Crippen LogP contribution in [0.1, 0.15) is 78.1 Å². The van der Waals surface area contributed by atoms with Gasteiger partial charge in [-0.1, -0.05) is 52.4 Å². The zero-order valence-electron chi connectivity index (χ0n) is 14.3. The first-order valence-corrected chi connectivity index (χ1v) is 9.17. The molecular weight excluding hydrogens is 264 g/mol. The van der Waals surface area contributed by atoms with Crippen LogP contribution in [0.15, 0.2) is 0 Å². The molecule has 0 aliphatic carbocycles. The van der Waals surface area contributed by atoms with E-state index in [2.05, 4.69) is 13.8 Å². The fraction of sp³-hybridized carbons (Fsp3) is 1.00. The number of unbranched alkanes of at least 4 members (excludes halogenated alkanes) is 6. The zero-order chi connectivity index (χ0) is 15.2. The maximum Gasteiger partial charge on any atom is 0.0814 e. The molecule has 0 unspecified atom stereocenters. The molecule has 0 saturated carbocycles. The molecule has 0 aromatic carbocycles. The Balaban J connectivity index is 1.88. The van der Waals surface area contributed by atoms with E-state index in [1.807, 2.05) is 0 Å². The summed E-state index contributed by atoms with van der Waals surface area (Å²) in [6, 6.07) is 0. The van der Waals surface area contributed by atoms with Crippen molar-refractivity contribution in [2.45, 2.75) is 90.3 Å². The molecule has 3 nitrogen and oxygen atoms in total. The van der Waals surface area contributed by atoms with Crippen LogP contribution in [0, 0.1) is 0 Å². The molecule has 0 radical (unpaired) electrons. The molecule has 1 rings (SSSR count). The Kier molecular flexibility index (Phi) is 12.2. The predicted octanol–water partition coefficient (Wildman–Crippen LogP) is 4.73. The Morgan fingerprint density at radius 2 is 1.19 bits per heavy atom. The molecule has 2 atom stereocenters. The SMILES string of the molecule is CCCCCCOC[C@@H]1CC[C@@H](COCCCCCC)O1. The Morgan fingerprint density at radius 3 is 1.62 bits per heavy atom. The second kappa shape index (κ2) is 13.5. The largest absolute Gasteiger partial charge is 0.379 e. The summed E-state index contributed by atoms with van der Waals surface area (Å²) >= 11 is 0. The second-order valence-electron chi connectivity index (χ2n) is 6.23. The minimum Gasteiger partial charge on any atom is -0.379 e. The van der Waals surface area contributed by atoms with Crippen molar-refractivity contribution in [2.24, 2.45) is 0 Å². The lowest BCUT2D eigenvalue weighted by atomic mass is 10.2. The third-order valence-corrected chi connectivity index (χ3v) is 4.09. The third-order valence-electron chi connectivity index (χ3n) is 4.09. The molecule has 0 aromatic heterocycles. The fourth-order valence-corrected chi connectivity index (χ4v) is 2.72. The van der Waals surface area contributed by atoms with E-state index in [4.69, 9.17) is 14.2 Å². The molecule has 1 aliphatic heterocycles. The monoisotopic (exact) mass is 300 g/mol. The van der Waals surface area contributed by atoms with Crippen molar-refractivity contribution in [3.8, 4) is 0 Å². The van der Waals surface area contributed by atoms with Gasteiger partial charge in [-0.2, -0.15) is 0 Å². The summed E-state index contributed by atoms with van der Waals surface area (Å²) in [6.07, 6.45) is 13.0. The predicted molar refractivity (Wildman–Crippen MR) is 87.8 cm³/mol. The fourth-order valence-electron chi connectivity index (χ4n) is 2.72. The molecule has 3 heteroatoms. The van der Waals surface area contributed by atoms with Crippen molar-refractivity contribution in [2.75, 3.05) is 26.4 Å². The molecule has 0 N–H and O–H groups in total. The van der Waals surface area contributed by atoms with Gasteiger partial charge in [-0.05, 0) is 25.7 Å². The van der Waals surface area contributed by atoms with Crippen LogP contribution in [0.2, 0.25) is 0 Å². The normalized spacial score (nSPS) is 22.0. The van der Waals surface area contributed by atoms with Crippen LogP contribution in [0.5, 0.6) is 0 Å². The summed E-state index contributed by atoms with van der Waals surface area (Å²) in [4.78, 5) is 0. The molecular formula is C18H36O3. The highest BCUT2D eigenvalue weighted by Crippen LogP contribution is 2.20. The minimum absolute atomic E-state index is 0.296. The average Bonchev–Trinajstić information content (AvgIpc) is 2.94. The number of ether oxygens (including phenoxy) is 3. The third kappa shape index (κ3) is 10.3. The van der Waals surface area contributed by atoms with E-state index in [-0.39, 0.29) is 0 Å². The first kappa shape index (κ1) is 18.9. The van der Waals surface area contributed by atoms with Crippen LogP contribution in [-0.4, -0.2) is 38.6 Å². The lowest BCUT2D eigenvalue weighted by Gasteiger charge is -2.14. The van der Waals surface area contributed by atoms with Gasteiger partial charge in [0.05, 0.1) is 25.4 Å². The van der Waals surface area contributed by atoms with Gasteiger partial charge in [0, 0.05) is 13.2 Å². The molecule has 1 saturated heterocycles.